The summed E-state index contributed by atoms with van der Waals surface area (Å²) in [5, 5.41) is 13.5. The van der Waals surface area contributed by atoms with Crippen molar-refractivity contribution in [3.8, 4) is 17.1 Å². The average molecular weight is 375 g/mol. The Morgan fingerprint density at radius 3 is 2.80 bits per heavy atom. The van der Waals surface area contributed by atoms with Crippen molar-refractivity contribution in [3.63, 3.8) is 0 Å². The van der Waals surface area contributed by atoms with Gasteiger partial charge in [0.05, 0.1) is 19.4 Å². The van der Waals surface area contributed by atoms with Gasteiger partial charge in [0.15, 0.2) is 5.82 Å². The summed E-state index contributed by atoms with van der Waals surface area (Å²) in [6, 6.07) is 11.3. The van der Waals surface area contributed by atoms with Crippen LogP contribution >= 0.6 is 23.1 Å². The molecule has 3 rings (SSSR count). The van der Waals surface area contributed by atoms with Crippen LogP contribution in [0.15, 0.2) is 46.9 Å². The quantitative estimate of drug-likeness (QED) is 0.485. The highest BCUT2D eigenvalue weighted by Gasteiger charge is 2.14. The molecule has 3 N–H and O–H groups in total. The molecule has 0 aliphatic rings. The highest BCUT2D eigenvalue weighted by atomic mass is 32.2. The Morgan fingerprint density at radius 2 is 2.12 bits per heavy atom. The number of nitrogens with one attached hydrogen (secondary N) is 1. The van der Waals surface area contributed by atoms with Crippen molar-refractivity contribution in [2.45, 2.75) is 11.7 Å². The van der Waals surface area contributed by atoms with Gasteiger partial charge in [0, 0.05) is 10.4 Å². The Morgan fingerprint density at radius 1 is 1.32 bits per heavy atom. The highest BCUT2D eigenvalue weighted by Crippen LogP contribution is 2.23. The summed E-state index contributed by atoms with van der Waals surface area (Å²) in [7, 11) is 1.61. The first-order valence-electron chi connectivity index (χ1n) is 7.44. The van der Waals surface area contributed by atoms with Crippen molar-refractivity contribution in [2.75, 3.05) is 18.7 Å². The molecule has 1 aromatic carbocycles. The Balaban J connectivity index is 1.58. The third-order valence-electron chi connectivity index (χ3n) is 3.39. The molecule has 0 aliphatic carbocycles. The topological polar surface area (TPSA) is 95.1 Å². The number of aromatic nitrogens is 3. The number of carbonyl (C=O) groups is 1. The van der Waals surface area contributed by atoms with Crippen LogP contribution < -0.4 is 15.9 Å². The summed E-state index contributed by atoms with van der Waals surface area (Å²) in [6.07, 6.45) is 0. The number of rotatable bonds is 7. The van der Waals surface area contributed by atoms with Gasteiger partial charge in [-0.15, -0.1) is 21.5 Å². The molecule has 3 aromatic rings. The van der Waals surface area contributed by atoms with Gasteiger partial charge in [-0.25, -0.2) is 4.68 Å². The van der Waals surface area contributed by atoms with Gasteiger partial charge < -0.3 is 15.9 Å². The summed E-state index contributed by atoms with van der Waals surface area (Å²) in [5.41, 5.74) is 0.824. The third-order valence-corrected chi connectivity index (χ3v) is 5.20. The van der Waals surface area contributed by atoms with Crippen LogP contribution in [0.4, 0.5) is 0 Å². The first-order chi connectivity index (χ1) is 12.2. The van der Waals surface area contributed by atoms with Gasteiger partial charge in [-0.3, -0.25) is 4.79 Å². The standard InChI is InChI=1S/C16H17N5O2S2/c1-23-12-6-4-11(5-7-12)15-19-20-16(21(15)17)25-10-14(22)18-9-13-3-2-8-24-13/h2-8H,9-10,17H2,1H3,(H,18,22). The molecular formula is C16H17N5O2S2. The van der Waals surface area contributed by atoms with Gasteiger partial charge in [0.25, 0.3) is 0 Å². The number of nitrogens with zero attached hydrogens (tertiary/aromatic N) is 3. The number of hydrogen-bond donors (Lipinski definition) is 2. The number of thiophene rings is 1. The molecule has 130 valence electrons. The van der Waals surface area contributed by atoms with E-state index in [9.17, 15) is 4.79 Å². The maximum Gasteiger partial charge on any atom is 0.230 e. The Labute approximate surface area is 153 Å². The molecule has 1 amide bonds. The van der Waals surface area contributed by atoms with Crippen LogP contribution in [-0.2, 0) is 11.3 Å². The van der Waals surface area contributed by atoms with Crippen LogP contribution in [0.1, 0.15) is 4.88 Å². The second-order valence-corrected chi connectivity index (χ2v) is 7.02. The number of methoxy groups -OCH3 is 1. The summed E-state index contributed by atoms with van der Waals surface area (Å²) < 4.78 is 6.52. The summed E-state index contributed by atoms with van der Waals surface area (Å²) >= 11 is 2.85. The Hall–Kier alpha value is -2.52. The summed E-state index contributed by atoms with van der Waals surface area (Å²) in [6.45, 7) is 0.531. The lowest BCUT2D eigenvalue weighted by Gasteiger charge is -2.05. The molecule has 2 aromatic heterocycles. The lowest BCUT2D eigenvalue weighted by Crippen LogP contribution is -2.24. The minimum atomic E-state index is -0.0765. The van der Waals surface area contributed by atoms with Crippen LogP contribution in [0.25, 0.3) is 11.4 Å². The molecule has 0 bridgehead atoms. The maximum atomic E-state index is 11.9. The van der Waals surface area contributed by atoms with E-state index in [1.165, 1.54) is 16.4 Å². The molecule has 9 heteroatoms. The minimum Gasteiger partial charge on any atom is -0.497 e. The fourth-order valence-electron chi connectivity index (χ4n) is 2.09. The zero-order chi connectivity index (χ0) is 17.6. The van der Waals surface area contributed by atoms with Gasteiger partial charge in [0.1, 0.15) is 5.75 Å². The number of thioether (sulfide) groups is 1. The van der Waals surface area contributed by atoms with Gasteiger partial charge in [-0.1, -0.05) is 17.8 Å². The highest BCUT2D eigenvalue weighted by molar-refractivity contribution is 7.99. The van der Waals surface area contributed by atoms with E-state index in [1.54, 1.807) is 18.4 Å². The number of amides is 1. The van der Waals surface area contributed by atoms with E-state index in [1.807, 2.05) is 41.8 Å². The van der Waals surface area contributed by atoms with Crippen LogP contribution in [0, 0.1) is 0 Å². The second kappa shape index (κ2) is 8.04. The van der Waals surface area contributed by atoms with E-state index in [2.05, 4.69) is 15.5 Å². The fraction of sp³-hybridized carbons (Fsp3) is 0.188. The van der Waals surface area contributed by atoms with Crippen LogP contribution in [0.3, 0.4) is 0 Å². The molecule has 0 radical (unpaired) electrons. The molecule has 0 fully saturated rings. The normalized spacial score (nSPS) is 10.6. The van der Waals surface area contributed by atoms with Gasteiger partial charge in [0.2, 0.25) is 11.1 Å². The van der Waals surface area contributed by atoms with Gasteiger partial charge in [-0.05, 0) is 35.7 Å². The SMILES string of the molecule is COc1ccc(-c2nnc(SCC(=O)NCc3cccs3)n2N)cc1. The molecule has 0 spiro atoms. The Kier molecular flexibility index (Phi) is 5.56. The van der Waals surface area contributed by atoms with Crippen molar-refractivity contribution in [3.05, 3.63) is 46.7 Å². The molecule has 0 aliphatic heterocycles. The molecule has 25 heavy (non-hydrogen) atoms. The van der Waals surface area contributed by atoms with E-state index >= 15 is 0 Å². The van der Waals surface area contributed by atoms with Crippen molar-refractivity contribution >= 4 is 29.0 Å². The van der Waals surface area contributed by atoms with Gasteiger partial charge in [-0.2, -0.15) is 0 Å². The third kappa shape index (κ3) is 4.31. The largest absolute Gasteiger partial charge is 0.497 e. The number of hydrogen-bond acceptors (Lipinski definition) is 7. The number of carbonyl (C=O) groups excluding carboxylic acids is 1. The monoisotopic (exact) mass is 375 g/mol. The number of nitrogen functional groups attached to an aromatic ring is 1. The summed E-state index contributed by atoms with van der Waals surface area (Å²) in [4.78, 5) is 13.0. The predicted octanol–water partition coefficient (Wildman–Crippen LogP) is 2.14. The smallest absolute Gasteiger partial charge is 0.230 e. The first kappa shape index (κ1) is 17.3. The Bertz CT molecular complexity index is 831. The van der Waals surface area contributed by atoms with Gasteiger partial charge >= 0.3 is 0 Å². The van der Waals surface area contributed by atoms with Crippen LogP contribution in [0.2, 0.25) is 0 Å². The lowest BCUT2D eigenvalue weighted by molar-refractivity contribution is -0.118. The summed E-state index contributed by atoms with van der Waals surface area (Å²) in [5.74, 6) is 7.49. The fourth-order valence-corrected chi connectivity index (χ4v) is 3.42. The second-order valence-electron chi connectivity index (χ2n) is 5.05. The molecule has 2 heterocycles. The van der Waals surface area contributed by atoms with Crippen molar-refractivity contribution < 1.29 is 9.53 Å². The van der Waals surface area contributed by atoms with E-state index in [4.69, 9.17) is 10.6 Å². The maximum absolute atomic E-state index is 11.9. The number of benzene rings is 1. The van der Waals surface area contributed by atoms with Crippen molar-refractivity contribution in [1.82, 2.24) is 20.2 Å². The lowest BCUT2D eigenvalue weighted by atomic mass is 10.2. The molecule has 0 atom stereocenters. The molecule has 0 unspecified atom stereocenters. The molecule has 0 saturated heterocycles. The number of ether oxygens (including phenoxy) is 1. The number of nitrogens with two attached hydrogens (primary N) is 1. The first-order valence-corrected chi connectivity index (χ1v) is 9.30. The average Bonchev–Trinajstić information content (AvgIpc) is 3.28. The molecule has 7 nitrogen and oxygen atoms in total. The van der Waals surface area contributed by atoms with Crippen LogP contribution in [0.5, 0.6) is 5.75 Å². The van der Waals surface area contributed by atoms with Crippen molar-refractivity contribution in [2.24, 2.45) is 0 Å². The van der Waals surface area contributed by atoms with E-state index in [0.717, 1.165) is 16.2 Å². The minimum absolute atomic E-state index is 0.0765. The molecular weight excluding hydrogens is 358 g/mol. The van der Waals surface area contributed by atoms with E-state index in [-0.39, 0.29) is 11.7 Å². The molecule has 0 saturated carbocycles. The van der Waals surface area contributed by atoms with E-state index in [0.29, 0.717) is 17.5 Å². The van der Waals surface area contributed by atoms with E-state index < -0.39 is 0 Å². The van der Waals surface area contributed by atoms with Crippen molar-refractivity contribution in [1.29, 1.82) is 0 Å². The van der Waals surface area contributed by atoms with Crippen LogP contribution in [-0.4, -0.2) is 33.6 Å². The zero-order valence-electron chi connectivity index (χ0n) is 13.5. The predicted molar refractivity (Wildman–Crippen MR) is 99.1 cm³/mol. The zero-order valence-corrected chi connectivity index (χ0v) is 15.1.